The first-order chi connectivity index (χ1) is 15.3. The van der Waals surface area contributed by atoms with Crippen LogP contribution in [0.4, 0.5) is 19.0 Å². The van der Waals surface area contributed by atoms with Gasteiger partial charge >= 0.3 is 6.18 Å². The second kappa shape index (κ2) is 7.52. The molecule has 2 N–H and O–H groups in total. The van der Waals surface area contributed by atoms with E-state index in [0.717, 1.165) is 23.2 Å². The molecule has 9 heteroatoms. The molecule has 1 fully saturated rings. The quantitative estimate of drug-likeness (QED) is 0.505. The van der Waals surface area contributed by atoms with Crippen molar-refractivity contribution in [1.82, 2.24) is 14.3 Å². The summed E-state index contributed by atoms with van der Waals surface area (Å²) >= 11 is 0. The molecule has 5 rings (SSSR count). The summed E-state index contributed by atoms with van der Waals surface area (Å²) in [5.74, 6) is 0.175. The molecule has 0 spiro atoms. The monoisotopic (exact) mass is 440 g/mol. The Morgan fingerprint density at radius 3 is 2.62 bits per heavy atom. The van der Waals surface area contributed by atoms with Gasteiger partial charge in [0.15, 0.2) is 0 Å². The fraction of sp³-hybridized carbons (Fsp3) is 0.217. The molecule has 1 amide bonds. The molecule has 0 saturated carbocycles. The topological polar surface area (TPSA) is 72.9 Å². The molecule has 32 heavy (non-hydrogen) atoms. The van der Waals surface area contributed by atoms with Crippen molar-refractivity contribution >= 4 is 28.3 Å². The normalized spacial score (nSPS) is 17.2. The third-order valence-corrected chi connectivity index (χ3v) is 5.75. The standard InChI is InChI=1S/C23H19F3N4O2/c24-23(25,26)16-6-3-14(4-7-16)20-13-32-11-10-30(20)22(31)15-5-8-17-19(12-15)29-9-1-2-18(29)21(27)28-17/h1-9,12,20H,10-11,13H2,(H2,27,28). The number of amides is 1. The lowest BCUT2D eigenvalue weighted by molar-refractivity contribution is -0.137. The van der Waals surface area contributed by atoms with E-state index < -0.39 is 17.8 Å². The third-order valence-electron chi connectivity index (χ3n) is 5.75. The van der Waals surface area contributed by atoms with Crippen molar-refractivity contribution in [2.45, 2.75) is 12.2 Å². The van der Waals surface area contributed by atoms with Crippen molar-refractivity contribution in [2.75, 3.05) is 25.5 Å². The summed E-state index contributed by atoms with van der Waals surface area (Å²) < 4.78 is 46.2. The van der Waals surface area contributed by atoms with Crippen LogP contribution in [0.1, 0.15) is 27.5 Å². The number of nitrogen functional groups attached to an aromatic ring is 1. The van der Waals surface area contributed by atoms with E-state index in [1.807, 2.05) is 22.7 Å². The van der Waals surface area contributed by atoms with E-state index in [1.165, 1.54) is 12.1 Å². The molecule has 0 aliphatic carbocycles. The number of aromatic nitrogens is 2. The molecule has 2 aromatic carbocycles. The van der Waals surface area contributed by atoms with Crippen LogP contribution in [0.5, 0.6) is 0 Å². The van der Waals surface area contributed by atoms with E-state index in [1.54, 1.807) is 23.1 Å². The first kappa shape index (κ1) is 20.3. The highest BCUT2D eigenvalue weighted by Gasteiger charge is 2.33. The Morgan fingerprint density at radius 2 is 1.88 bits per heavy atom. The van der Waals surface area contributed by atoms with Crippen molar-refractivity contribution in [2.24, 2.45) is 0 Å². The van der Waals surface area contributed by atoms with E-state index in [0.29, 0.717) is 35.6 Å². The van der Waals surface area contributed by atoms with Gasteiger partial charge in [0.25, 0.3) is 5.91 Å². The number of hydrogen-bond acceptors (Lipinski definition) is 4. The molecule has 3 heterocycles. The first-order valence-corrected chi connectivity index (χ1v) is 10.0. The summed E-state index contributed by atoms with van der Waals surface area (Å²) in [6.45, 7) is 0.905. The SMILES string of the molecule is Nc1nc2ccc(C(=O)N3CCOCC3c3ccc(C(F)(F)F)cc3)cc2n2cccc12. The van der Waals surface area contributed by atoms with Crippen LogP contribution in [-0.4, -0.2) is 40.0 Å². The average molecular weight is 440 g/mol. The van der Waals surface area contributed by atoms with Gasteiger partial charge in [-0.15, -0.1) is 0 Å². The maximum Gasteiger partial charge on any atom is 0.416 e. The van der Waals surface area contributed by atoms with Crippen LogP contribution in [0, 0.1) is 0 Å². The van der Waals surface area contributed by atoms with Crippen molar-refractivity contribution in [3.63, 3.8) is 0 Å². The van der Waals surface area contributed by atoms with Crippen LogP contribution in [0.25, 0.3) is 16.6 Å². The Morgan fingerprint density at radius 1 is 1.09 bits per heavy atom. The number of ether oxygens (including phenoxy) is 1. The highest BCUT2D eigenvalue weighted by atomic mass is 19.4. The summed E-state index contributed by atoms with van der Waals surface area (Å²) in [5.41, 5.74) is 8.47. The molecule has 1 unspecified atom stereocenters. The number of hydrogen-bond donors (Lipinski definition) is 1. The van der Waals surface area contributed by atoms with E-state index in [4.69, 9.17) is 10.5 Å². The van der Waals surface area contributed by atoms with Gasteiger partial charge in [0.2, 0.25) is 0 Å². The number of benzene rings is 2. The van der Waals surface area contributed by atoms with Gasteiger partial charge in [-0.25, -0.2) is 4.98 Å². The lowest BCUT2D eigenvalue weighted by atomic mass is 10.0. The Labute approximate surface area is 181 Å². The second-order valence-electron chi connectivity index (χ2n) is 7.67. The number of carbonyl (C=O) groups is 1. The predicted molar refractivity (Wildman–Crippen MR) is 113 cm³/mol. The Kier molecular flexibility index (Phi) is 4.78. The van der Waals surface area contributed by atoms with E-state index in [-0.39, 0.29) is 12.5 Å². The largest absolute Gasteiger partial charge is 0.416 e. The molecule has 1 aliphatic rings. The highest BCUT2D eigenvalue weighted by molar-refractivity contribution is 5.98. The summed E-state index contributed by atoms with van der Waals surface area (Å²) in [5, 5.41) is 0. The summed E-state index contributed by atoms with van der Waals surface area (Å²) in [6, 6.07) is 13.3. The fourth-order valence-electron chi connectivity index (χ4n) is 4.11. The van der Waals surface area contributed by atoms with Crippen LogP contribution in [0.3, 0.4) is 0 Å². The highest BCUT2D eigenvalue weighted by Crippen LogP contribution is 2.32. The van der Waals surface area contributed by atoms with E-state index in [2.05, 4.69) is 4.98 Å². The van der Waals surface area contributed by atoms with Gasteiger partial charge in [-0.2, -0.15) is 13.2 Å². The summed E-state index contributed by atoms with van der Waals surface area (Å²) in [7, 11) is 0. The number of morpholine rings is 1. The Balaban J connectivity index is 1.50. The summed E-state index contributed by atoms with van der Waals surface area (Å²) in [4.78, 5) is 19.5. The zero-order valence-corrected chi connectivity index (χ0v) is 16.8. The maximum absolute atomic E-state index is 13.4. The maximum atomic E-state index is 13.4. The van der Waals surface area contributed by atoms with Crippen LogP contribution in [0.2, 0.25) is 0 Å². The van der Waals surface area contributed by atoms with Crippen LogP contribution in [-0.2, 0) is 10.9 Å². The number of rotatable bonds is 2. The van der Waals surface area contributed by atoms with Crippen LogP contribution in [0.15, 0.2) is 60.8 Å². The molecule has 1 atom stereocenters. The minimum absolute atomic E-state index is 0.213. The molecule has 4 aromatic rings. The number of anilines is 1. The third kappa shape index (κ3) is 3.44. The van der Waals surface area contributed by atoms with Crippen molar-refractivity contribution < 1.29 is 22.7 Å². The smallest absolute Gasteiger partial charge is 0.382 e. The van der Waals surface area contributed by atoms with Crippen molar-refractivity contribution in [3.8, 4) is 0 Å². The molecule has 1 aliphatic heterocycles. The van der Waals surface area contributed by atoms with E-state index >= 15 is 0 Å². The first-order valence-electron chi connectivity index (χ1n) is 10.0. The summed E-state index contributed by atoms with van der Waals surface area (Å²) in [6.07, 6.45) is -2.56. The van der Waals surface area contributed by atoms with Crippen LogP contribution < -0.4 is 5.73 Å². The number of nitrogens with zero attached hydrogens (tertiary/aromatic N) is 3. The van der Waals surface area contributed by atoms with Gasteiger partial charge in [-0.05, 0) is 48.0 Å². The van der Waals surface area contributed by atoms with Gasteiger partial charge in [0.1, 0.15) is 5.82 Å². The number of nitrogens with two attached hydrogens (primary N) is 1. The molecule has 6 nitrogen and oxygen atoms in total. The van der Waals surface area contributed by atoms with Crippen molar-refractivity contribution in [1.29, 1.82) is 0 Å². The number of carbonyl (C=O) groups excluding carboxylic acids is 1. The lowest BCUT2D eigenvalue weighted by Gasteiger charge is -2.36. The zero-order valence-electron chi connectivity index (χ0n) is 16.8. The van der Waals surface area contributed by atoms with Crippen molar-refractivity contribution in [3.05, 3.63) is 77.5 Å². The van der Waals surface area contributed by atoms with Gasteiger partial charge in [-0.1, -0.05) is 12.1 Å². The minimum atomic E-state index is -4.41. The molecule has 2 aromatic heterocycles. The Bertz CT molecular complexity index is 1310. The van der Waals surface area contributed by atoms with E-state index in [9.17, 15) is 18.0 Å². The predicted octanol–water partition coefficient (Wildman–Crippen LogP) is 4.30. The average Bonchev–Trinajstić information content (AvgIpc) is 3.29. The van der Waals surface area contributed by atoms with Crippen LogP contribution >= 0.6 is 0 Å². The molecular weight excluding hydrogens is 421 g/mol. The minimum Gasteiger partial charge on any atom is -0.382 e. The fourth-order valence-corrected chi connectivity index (χ4v) is 4.11. The number of alkyl halides is 3. The number of fused-ring (bicyclic) bond motifs is 3. The second-order valence-corrected chi connectivity index (χ2v) is 7.67. The van der Waals surface area contributed by atoms with Gasteiger partial charge in [0, 0.05) is 18.3 Å². The molecule has 1 saturated heterocycles. The van der Waals surface area contributed by atoms with Gasteiger partial charge in [0.05, 0.1) is 41.4 Å². The zero-order chi connectivity index (χ0) is 22.5. The Hall–Kier alpha value is -3.59. The molecular formula is C23H19F3N4O2. The molecule has 0 bridgehead atoms. The number of halogens is 3. The van der Waals surface area contributed by atoms with Gasteiger partial charge < -0.3 is 19.8 Å². The molecule has 164 valence electrons. The molecule has 0 radical (unpaired) electrons. The lowest BCUT2D eigenvalue weighted by Crippen LogP contribution is -2.43. The van der Waals surface area contributed by atoms with Gasteiger partial charge in [-0.3, -0.25) is 4.79 Å².